The maximum Gasteiger partial charge on any atom is 0.123 e. The first-order chi connectivity index (χ1) is 14.2. The van der Waals surface area contributed by atoms with Gasteiger partial charge < -0.3 is 9.59 Å². The average Bonchev–Trinajstić information content (AvgIpc) is 2.79. The van der Waals surface area contributed by atoms with Crippen LogP contribution in [0.4, 0.5) is 0 Å². The number of nitrogens with zero attached hydrogens (tertiary/aromatic N) is 1. The summed E-state index contributed by atoms with van der Waals surface area (Å²) in [6.07, 6.45) is 24.1. The minimum atomic E-state index is 0.303. The summed E-state index contributed by atoms with van der Waals surface area (Å²) in [5.41, 5.74) is 0. The Hall–Kier alpha value is -0.700. The highest BCUT2D eigenvalue weighted by atomic mass is 16.1. The molecule has 3 fully saturated rings. The Bertz CT molecular complexity index is 441. The molecule has 0 aromatic carbocycles. The van der Waals surface area contributed by atoms with Crippen LogP contribution in [-0.4, -0.2) is 35.6 Å². The van der Waals surface area contributed by atoms with E-state index in [9.17, 15) is 9.59 Å². The molecule has 0 aromatic heterocycles. The Morgan fingerprint density at radius 1 is 0.621 bits per heavy atom. The average molecular weight is 404 g/mol. The lowest BCUT2D eigenvalue weighted by Gasteiger charge is -2.49. The van der Waals surface area contributed by atoms with Gasteiger partial charge in [-0.1, -0.05) is 39.0 Å². The molecule has 3 saturated carbocycles. The zero-order valence-electron chi connectivity index (χ0n) is 18.9. The van der Waals surface area contributed by atoms with Crippen LogP contribution in [0.1, 0.15) is 116 Å². The Balaban J connectivity index is 1.55. The fourth-order valence-electron chi connectivity index (χ4n) is 6.56. The minimum Gasteiger partial charge on any atom is -0.303 e. The number of hydrogen-bond acceptors (Lipinski definition) is 3. The van der Waals surface area contributed by atoms with Crippen molar-refractivity contribution in [1.82, 2.24) is 4.90 Å². The Morgan fingerprint density at radius 2 is 1.07 bits per heavy atom. The predicted molar refractivity (Wildman–Crippen MR) is 120 cm³/mol. The van der Waals surface area contributed by atoms with Gasteiger partial charge in [-0.05, 0) is 83.0 Å². The number of aldehydes is 2. The van der Waals surface area contributed by atoms with E-state index in [0.29, 0.717) is 23.9 Å². The van der Waals surface area contributed by atoms with Crippen molar-refractivity contribution in [2.24, 2.45) is 17.8 Å². The number of hydrogen-bond donors (Lipinski definition) is 0. The molecule has 0 spiro atoms. The Kier molecular flexibility index (Phi) is 9.69. The summed E-state index contributed by atoms with van der Waals surface area (Å²) < 4.78 is 0. The maximum atomic E-state index is 11.2. The Labute approximate surface area is 179 Å². The largest absolute Gasteiger partial charge is 0.303 e. The van der Waals surface area contributed by atoms with E-state index in [4.69, 9.17) is 0 Å². The summed E-state index contributed by atoms with van der Waals surface area (Å²) >= 11 is 0. The van der Waals surface area contributed by atoms with Gasteiger partial charge in [0, 0.05) is 30.0 Å². The maximum absolute atomic E-state index is 11.2. The minimum absolute atomic E-state index is 0.303. The van der Waals surface area contributed by atoms with Gasteiger partial charge in [0.25, 0.3) is 0 Å². The van der Waals surface area contributed by atoms with Crippen LogP contribution in [0.15, 0.2) is 0 Å². The van der Waals surface area contributed by atoms with Crippen molar-refractivity contribution in [2.75, 3.05) is 0 Å². The quantitative estimate of drug-likeness (QED) is 0.316. The SMILES string of the molecule is CCCCCCC1CCC(N(C2CCC(C=O)CC2)C2CCC(C=O)CC2)CC1. The first-order valence-corrected chi connectivity index (χ1v) is 12.9. The molecule has 0 bridgehead atoms. The zero-order valence-corrected chi connectivity index (χ0v) is 18.9. The molecule has 0 unspecified atom stereocenters. The standard InChI is InChI=1S/C26H45NO2/c1-2-3-4-5-6-21-7-13-24(14-8-21)27(25-15-9-22(19-28)10-16-25)26-17-11-23(20-29)12-18-26/h19-26H,2-18H2,1H3. The van der Waals surface area contributed by atoms with Crippen LogP contribution < -0.4 is 0 Å². The third-order valence-corrected chi connectivity index (χ3v) is 8.41. The van der Waals surface area contributed by atoms with Crippen LogP contribution in [-0.2, 0) is 9.59 Å². The van der Waals surface area contributed by atoms with Crippen molar-refractivity contribution < 1.29 is 9.59 Å². The summed E-state index contributed by atoms with van der Waals surface area (Å²) in [7, 11) is 0. The summed E-state index contributed by atoms with van der Waals surface area (Å²) in [6.45, 7) is 2.30. The Morgan fingerprint density at radius 3 is 1.48 bits per heavy atom. The molecule has 3 nitrogen and oxygen atoms in total. The second kappa shape index (κ2) is 12.2. The molecule has 166 valence electrons. The monoisotopic (exact) mass is 403 g/mol. The van der Waals surface area contributed by atoms with E-state index >= 15 is 0 Å². The molecule has 0 atom stereocenters. The highest BCUT2D eigenvalue weighted by Crippen LogP contribution is 2.39. The smallest absolute Gasteiger partial charge is 0.123 e. The lowest BCUT2D eigenvalue weighted by Crippen LogP contribution is -2.52. The first kappa shape index (κ1) is 23.0. The molecular formula is C26H45NO2. The normalized spacial score (nSPS) is 36.1. The summed E-state index contributed by atoms with van der Waals surface area (Å²) in [5, 5.41) is 0. The van der Waals surface area contributed by atoms with Gasteiger partial charge >= 0.3 is 0 Å². The highest BCUT2D eigenvalue weighted by molar-refractivity contribution is 5.54. The van der Waals surface area contributed by atoms with Gasteiger partial charge in [0.2, 0.25) is 0 Å². The lowest BCUT2D eigenvalue weighted by molar-refractivity contribution is -0.112. The van der Waals surface area contributed by atoms with Crippen molar-refractivity contribution in [3.63, 3.8) is 0 Å². The van der Waals surface area contributed by atoms with E-state index < -0.39 is 0 Å². The second-order valence-electron chi connectivity index (χ2n) is 10.4. The molecule has 3 aliphatic rings. The molecule has 0 radical (unpaired) electrons. The zero-order chi connectivity index (χ0) is 20.5. The van der Waals surface area contributed by atoms with Gasteiger partial charge in [0.1, 0.15) is 12.6 Å². The van der Waals surface area contributed by atoms with Gasteiger partial charge in [-0.15, -0.1) is 0 Å². The first-order valence-electron chi connectivity index (χ1n) is 12.9. The van der Waals surface area contributed by atoms with E-state index in [0.717, 1.165) is 37.6 Å². The van der Waals surface area contributed by atoms with Crippen LogP contribution >= 0.6 is 0 Å². The van der Waals surface area contributed by atoms with Crippen LogP contribution in [0.2, 0.25) is 0 Å². The van der Waals surface area contributed by atoms with Crippen molar-refractivity contribution in [3.8, 4) is 0 Å². The van der Waals surface area contributed by atoms with E-state index in [1.807, 2.05) is 0 Å². The lowest BCUT2D eigenvalue weighted by atomic mass is 9.77. The number of carbonyl (C=O) groups excluding carboxylic acids is 2. The van der Waals surface area contributed by atoms with Crippen molar-refractivity contribution >= 4 is 12.6 Å². The van der Waals surface area contributed by atoms with Crippen LogP contribution in [0.25, 0.3) is 0 Å². The second-order valence-corrected chi connectivity index (χ2v) is 10.4. The fourth-order valence-corrected chi connectivity index (χ4v) is 6.56. The fraction of sp³-hybridized carbons (Fsp3) is 0.923. The molecule has 0 N–H and O–H groups in total. The van der Waals surface area contributed by atoms with Gasteiger partial charge in [-0.25, -0.2) is 0 Å². The molecule has 0 aliphatic heterocycles. The molecule has 0 saturated heterocycles. The van der Waals surface area contributed by atoms with Gasteiger partial charge in [-0.3, -0.25) is 4.90 Å². The van der Waals surface area contributed by atoms with Crippen molar-refractivity contribution in [2.45, 2.75) is 134 Å². The molecule has 0 aromatic rings. The third-order valence-electron chi connectivity index (χ3n) is 8.41. The topological polar surface area (TPSA) is 37.4 Å². The van der Waals surface area contributed by atoms with E-state index in [1.165, 1.54) is 96.0 Å². The molecule has 3 aliphatic carbocycles. The number of carbonyl (C=O) groups is 2. The van der Waals surface area contributed by atoms with E-state index in [1.54, 1.807) is 0 Å². The summed E-state index contributed by atoms with van der Waals surface area (Å²) in [5.74, 6) is 1.57. The van der Waals surface area contributed by atoms with Crippen LogP contribution in [0.5, 0.6) is 0 Å². The predicted octanol–water partition coefficient (Wildman–Crippen LogP) is 6.33. The summed E-state index contributed by atoms with van der Waals surface area (Å²) in [4.78, 5) is 25.4. The molecule has 29 heavy (non-hydrogen) atoms. The van der Waals surface area contributed by atoms with Gasteiger partial charge in [0.05, 0.1) is 0 Å². The molecule has 0 amide bonds. The molecule has 3 rings (SSSR count). The van der Waals surface area contributed by atoms with Crippen molar-refractivity contribution in [3.05, 3.63) is 0 Å². The molecule has 3 heteroatoms. The van der Waals surface area contributed by atoms with Gasteiger partial charge in [-0.2, -0.15) is 0 Å². The third kappa shape index (κ3) is 6.64. The van der Waals surface area contributed by atoms with E-state index in [2.05, 4.69) is 11.8 Å². The number of rotatable bonds is 10. The van der Waals surface area contributed by atoms with E-state index in [-0.39, 0.29) is 0 Å². The van der Waals surface area contributed by atoms with Crippen LogP contribution in [0.3, 0.4) is 0 Å². The molecular weight excluding hydrogens is 358 g/mol. The van der Waals surface area contributed by atoms with Crippen LogP contribution in [0, 0.1) is 17.8 Å². The molecule has 0 heterocycles. The summed E-state index contributed by atoms with van der Waals surface area (Å²) in [6, 6.07) is 2.10. The van der Waals surface area contributed by atoms with Gasteiger partial charge in [0.15, 0.2) is 0 Å². The van der Waals surface area contributed by atoms with Crippen molar-refractivity contribution in [1.29, 1.82) is 0 Å². The highest BCUT2D eigenvalue weighted by Gasteiger charge is 2.38. The number of unbranched alkanes of at least 4 members (excludes halogenated alkanes) is 3.